The van der Waals surface area contributed by atoms with Crippen LogP contribution in [0.5, 0.6) is 5.75 Å². The zero-order chi connectivity index (χ0) is 13.3. The molecule has 0 aliphatic heterocycles. The number of esters is 1. The van der Waals surface area contributed by atoms with E-state index in [-0.39, 0.29) is 10.6 Å². The van der Waals surface area contributed by atoms with Crippen LogP contribution in [0.4, 0.5) is 0 Å². The van der Waals surface area contributed by atoms with Crippen molar-refractivity contribution in [3.63, 3.8) is 0 Å². The van der Waals surface area contributed by atoms with Crippen LogP contribution in [0, 0.1) is 0 Å². The average molecular weight is 303 g/mol. The first-order chi connectivity index (χ1) is 8.52. The second kappa shape index (κ2) is 5.18. The Labute approximate surface area is 118 Å². The van der Waals surface area contributed by atoms with E-state index in [4.69, 9.17) is 23.2 Å². The molecule has 0 atom stereocenters. The number of thiophene rings is 1. The number of rotatable bonds is 2. The van der Waals surface area contributed by atoms with Gasteiger partial charge in [-0.15, -0.1) is 11.3 Å². The molecule has 0 aliphatic rings. The fourth-order valence-corrected chi connectivity index (χ4v) is 3.02. The molecule has 6 heteroatoms. The highest BCUT2D eigenvalue weighted by atomic mass is 35.5. The molecule has 2 aromatic rings. The fraction of sp³-hybridized carbons (Fsp3) is 0.0833. The quantitative estimate of drug-likeness (QED) is 0.845. The minimum absolute atomic E-state index is 0.118. The van der Waals surface area contributed by atoms with E-state index in [0.717, 1.165) is 11.3 Å². The first-order valence-corrected chi connectivity index (χ1v) is 6.46. The van der Waals surface area contributed by atoms with Crippen molar-refractivity contribution in [3.05, 3.63) is 39.2 Å². The van der Waals surface area contributed by atoms with Crippen molar-refractivity contribution >= 4 is 40.5 Å². The second-order valence-electron chi connectivity index (χ2n) is 3.44. The molecule has 3 nitrogen and oxygen atoms in total. The van der Waals surface area contributed by atoms with Crippen LogP contribution in [-0.4, -0.2) is 18.2 Å². The van der Waals surface area contributed by atoms with E-state index in [1.54, 1.807) is 18.2 Å². The fourth-order valence-electron chi connectivity index (χ4n) is 1.44. The van der Waals surface area contributed by atoms with Crippen molar-refractivity contribution in [1.82, 2.24) is 0 Å². The molecule has 0 saturated heterocycles. The van der Waals surface area contributed by atoms with Crippen molar-refractivity contribution in [2.45, 2.75) is 0 Å². The third kappa shape index (κ3) is 2.46. The van der Waals surface area contributed by atoms with Gasteiger partial charge >= 0.3 is 5.97 Å². The Bertz CT molecular complexity index is 607. The smallest absolute Gasteiger partial charge is 0.351 e. The molecule has 0 unspecified atom stereocenters. The van der Waals surface area contributed by atoms with Gasteiger partial charge in [-0.3, -0.25) is 0 Å². The molecular weight excluding hydrogens is 295 g/mol. The molecule has 0 aliphatic carbocycles. The highest BCUT2D eigenvalue weighted by molar-refractivity contribution is 7.17. The Morgan fingerprint density at radius 2 is 2.06 bits per heavy atom. The first kappa shape index (κ1) is 13.2. The summed E-state index contributed by atoms with van der Waals surface area (Å²) in [6, 6.07) is 6.51. The van der Waals surface area contributed by atoms with Crippen LogP contribution >= 0.6 is 34.5 Å². The predicted molar refractivity (Wildman–Crippen MR) is 72.8 cm³/mol. The van der Waals surface area contributed by atoms with E-state index in [9.17, 15) is 9.90 Å². The number of methoxy groups -OCH3 is 1. The van der Waals surface area contributed by atoms with Gasteiger partial charge in [0, 0.05) is 15.5 Å². The van der Waals surface area contributed by atoms with Gasteiger partial charge in [0.25, 0.3) is 0 Å². The van der Waals surface area contributed by atoms with Crippen molar-refractivity contribution in [2.75, 3.05) is 7.11 Å². The van der Waals surface area contributed by atoms with Gasteiger partial charge in [-0.2, -0.15) is 0 Å². The summed E-state index contributed by atoms with van der Waals surface area (Å²) in [5.41, 5.74) is 0.705. The number of ether oxygens (including phenoxy) is 1. The number of carbonyl (C=O) groups excluding carboxylic acids is 1. The highest BCUT2D eigenvalue weighted by Crippen LogP contribution is 2.39. The lowest BCUT2D eigenvalue weighted by atomic mass is 10.2. The Hall–Kier alpha value is -1.23. The van der Waals surface area contributed by atoms with Gasteiger partial charge < -0.3 is 9.84 Å². The summed E-state index contributed by atoms with van der Waals surface area (Å²) in [7, 11) is 1.26. The van der Waals surface area contributed by atoms with Crippen molar-refractivity contribution in [2.24, 2.45) is 0 Å². The van der Waals surface area contributed by atoms with Crippen LogP contribution in [0.1, 0.15) is 9.67 Å². The normalized spacial score (nSPS) is 10.4. The lowest BCUT2D eigenvalue weighted by molar-refractivity contribution is 0.0603. The Morgan fingerprint density at radius 1 is 1.33 bits per heavy atom. The summed E-state index contributed by atoms with van der Waals surface area (Å²) in [5, 5.41) is 10.7. The number of benzene rings is 1. The van der Waals surface area contributed by atoms with E-state index in [2.05, 4.69) is 4.74 Å². The standard InChI is InChI=1S/C12H8Cl2O3S/c1-17-12(16)11-9(15)5-10(18-11)7-3-2-6(13)4-8(7)14/h2-5,15H,1H3. The molecule has 1 aromatic carbocycles. The molecule has 18 heavy (non-hydrogen) atoms. The zero-order valence-electron chi connectivity index (χ0n) is 9.24. The summed E-state index contributed by atoms with van der Waals surface area (Å²) >= 11 is 13.0. The molecule has 2 rings (SSSR count). The molecule has 94 valence electrons. The zero-order valence-corrected chi connectivity index (χ0v) is 11.6. The molecule has 1 heterocycles. The molecular formula is C12H8Cl2O3S. The van der Waals surface area contributed by atoms with Gasteiger partial charge in [-0.05, 0) is 18.2 Å². The first-order valence-electron chi connectivity index (χ1n) is 4.89. The Morgan fingerprint density at radius 3 is 2.67 bits per heavy atom. The summed E-state index contributed by atoms with van der Waals surface area (Å²) < 4.78 is 4.57. The molecule has 1 aromatic heterocycles. The van der Waals surface area contributed by atoms with Gasteiger partial charge in [-0.25, -0.2) is 4.79 Å². The maximum atomic E-state index is 11.4. The van der Waals surface area contributed by atoms with Crippen molar-refractivity contribution in [1.29, 1.82) is 0 Å². The van der Waals surface area contributed by atoms with E-state index in [1.165, 1.54) is 13.2 Å². The van der Waals surface area contributed by atoms with E-state index in [0.29, 0.717) is 20.5 Å². The van der Waals surface area contributed by atoms with Gasteiger partial charge in [-0.1, -0.05) is 29.3 Å². The highest BCUT2D eigenvalue weighted by Gasteiger charge is 2.18. The van der Waals surface area contributed by atoms with E-state index < -0.39 is 5.97 Å². The summed E-state index contributed by atoms with van der Waals surface area (Å²) in [6.45, 7) is 0. The third-order valence-electron chi connectivity index (χ3n) is 2.28. The van der Waals surface area contributed by atoms with E-state index >= 15 is 0 Å². The lowest BCUT2D eigenvalue weighted by Gasteiger charge is -2.01. The number of hydrogen-bond acceptors (Lipinski definition) is 4. The maximum absolute atomic E-state index is 11.4. The van der Waals surface area contributed by atoms with Crippen LogP contribution in [-0.2, 0) is 4.74 Å². The topological polar surface area (TPSA) is 46.5 Å². The molecule has 0 saturated carbocycles. The lowest BCUT2D eigenvalue weighted by Crippen LogP contribution is -1.97. The Balaban J connectivity index is 2.49. The average Bonchev–Trinajstić information content (AvgIpc) is 2.70. The van der Waals surface area contributed by atoms with Gasteiger partial charge in [0.2, 0.25) is 0 Å². The number of aromatic hydroxyl groups is 1. The third-order valence-corrected chi connectivity index (χ3v) is 3.97. The second-order valence-corrected chi connectivity index (χ2v) is 5.34. The van der Waals surface area contributed by atoms with Crippen LogP contribution in [0.25, 0.3) is 10.4 Å². The van der Waals surface area contributed by atoms with Crippen LogP contribution in [0.3, 0.4) is 0 Å². The summed E-state index contributed by atoms with van der Waals surface area (Å²) in [6.07, 6.45) is 0. The summed E-state index contributed by atoms with van der Waals surface area (Å²) in [5.74, 6) is -0.693. The van der Waals surface area contributed by atoms with Gasteiger partial charge in [0.1, 0.15) is 5.75 Å². The molecule has 1 N–H and O–H groups in total. The monoisotopic (exact) mass is 302 g/mol. The Kier molecular flexibility index (Phi) is 3.80. The number of halogens is 2. The molecule has 0 amide bonds. The molecule has 0 fully saturated rings. The maximum Gasteiger partial charge on any atom is 0.351 e. The SMILES string of the molecule is COC(=O)c1sc(-c2ccc(Cl)cc2Cl)cc1O. The molecule has 0 bridgehead atoms. The number of hydrogen-bond donors (Lipinski definition) is 1. The molecule has 0 spiro atoms. The van der Waals surface area contributed by atoms with Crippen LogP contribution in [0.15, 0.2) is 24.3 Å². The minimum atomic E-state index is -0.575. The van der Waals surface area contributed by atoms with E-state index in [1.807, 2.05) is 0 Å². The van der Waals surface area contributed by atoms with Gasteiger partial charge in [0.15, 0.2) is 4.88 Å². The van der Waals surface area contributed by atoms with Gasteiger partial charge in [0.05, 0.1) is 12.1 Å². The van der Waals surface area contributed by atoms with Crippen molar-refractivity contribution in [3.8, 4) is 16.2 Å². The number of carbonyl (C=O) groups is 1. The van der Waals surface area contributed by atoms with Crippen LogP contribution < -0.4 is 0 Å². The largest absolute Gasteiger partial charge is 0.506 e. The predicted octanol–water partition coefficient (Wildman–Crippen LogP) is 4.21. The summed E-state index contributed by atoms with van der Waals surface area (Å²) in [4.78, 5) is 12.2. The molecule has 0 radical (unpaired) electrons. The van der Waals surface area contributed by atoms with Crippen LogP contribution in [0.2, 0.25) is 10.0 Å². The minimum Gasteiger partial charge on any atom is -0.506 e. The van der Waals surface area contributed by atoms with Crippen molar-refractivity contribution < 1.29 is 14.6 Å².